The molecule has 11 aromatic rings. The lowest BCUT2D eigenvalue weighted by atomic mass is 9.85. The molecular formula is C48H28S2. The van der Waals surface area contributed by atoms with Gasteiger partial charge in [-0.1, -0.05) is 152 Å². The van der Waals surface area contributed by atoms with E-state index in [0.29, 0.717) is 0 Å². The minimum absolute atomic E-state index is 1.24. The van der Waals surface area contributed by atoms with E-state index in [1.165, 1.54) is 106 Å². The van der Waals surface area contributed by atoms with Gasteiger partial charge in [0.2, 0.25) is 0 Å². The molecule has 232 valence electrons. The third kappa shape index (κ3) is 4.04. The third-order valence-electron chi connectivity index (χ3n) is 10.4. The fourth-order valence-corrected chi connectivity index (χ4v) is 10.9. The van der Waals surface area contributed by atoms with Crippen LogP contribution in [0.5, 0.6) is 0 Å². The summed E-state index contributed by atoms with van der Waals surface area (Å²) in [6.07, 6.45) is 0. The van der Waals surface area contributed by atoms with Gasteiger partial charge in [-0.2, -0.15) is 0 Å². The van der Waals surface area contributed by atoms with Crippen LogP contribution in [-0.4, -0.2) is 0 Å². The lowest BCUT2D eigenvalue weighted by Crippen LogP contribution is -1.91. The van der Waals surface area contributed by atoms with E-state index in [1.54, 1.807) is 0 Å². The van der Waals surface area contributed by atoms with Crippen molar-refractivity contribution in [3.8, 4) is 33.4 Å². The molecule has 0 N–H and O–H groups in total. The van der Waals surface area contributed by atoms with E-state index >= 15 is 0 Å². The van der Waals surface area contributed by atoms with E-state index in [-0.39, 0.29) is 0 Å². The molecule has 0 bridgehead atoms. The third-order valence-corrected chi connectivity index (χ3v) is 13.1. The Hall–Kier alpha value is -5.80. The molecule has 2 heteroatoms. The lowest BCUT2D eigenvalue weighted by Gasteiger charge is -2.18. The number of hydrogen-bond donors (Lipinski definition) is 0. The molecule has 0 unspecified atom stereocenters. The van der Waals surface area contributed by atoms with Crippen molar-refractivity contribution in [3.05, 3.63) is 170 Å². The van der Waals surface area contributed by atoms with Crippen LogP contribution in [0.1, 0.15) is 0 Å². The van der Waals surface area contributed by atoms with Gasteiger partial charge in [-0.25, -0.2) is 0 Å². The molecule has 0 spiro atoms. The summed E-state index contributed by atoms with van der Waals surface area (Å²) in [7, 11) is 0. The van der Waals surface area contributed by atoms with Crippen molar-refractivity contribution in [2.75, 3.05) is 0 Å². The molecule has 50 heavy (non-hydrogen) atoms. The maximum atomic E-state index is 2.46. The minimum atomic E-state index is 1.24. The molecule has 0 saturated heterocycles. The molecule has 0 aliphatic heterocycles. The molecule has 0 saturated carbocycles. The average Bonchev–Trinajstić information content (AvgIpc) is 3.76. The first-order valence-corrected chi connectivity index (χ1v) is 18.7. The lowest BCUT2D eigenvalue weighted by molar-refractivity contribution is 1.64. The van der Waals surface area contributed by atoms with Crippen molar-refractivity contribution in [3.63, 3.8) is 0 Å². The summed E-state index contributed by atoms with van der Waals surface area (Å²) >= 11 is 3.88. The fraction of sp³-hybridized carbons (Fsp3) is 0. The number of rotatable bonds is 3. The van der Waals surface area contributed by atoms with E-state index in [2.05, 4.69) is 170 Å². The van der Waals surface area contributed by atoms with Crippen molar-refractivity contribution in [1.29, 1.82) is 0 Å². The molecule has 11 rings (SSSR count). The zero-order chi connectivity index (χ0) is 32.8. The summed E-state index contributed by atoms with van der Waals surface area (Å²) in [5, 5.41) is 13.1. The Morgan fingerprint density at radius 2 is 0.740 bits per heavy atom. The quantitative estimate of drug-likeness (QED) is 0.164. The van der Waals surface area contributed by atoms with Crippen LogP contribution in [0.25, 0.3) is 106 Å². The van der Waals surface area contributed by atoms with Gasteiger partial charge in [0.25, 0.3) is 0 Å². The molecule has 0 fully saturated rings. The van der Waals surface area contributed by atoms with Crippen LogP contribution in [-0.2, 0) is 0 Å². The molecule has 0 radical (unpaired) electrons. The molecule has 0 nitrogen and oxygen atoms in total. The van der Waals surface area contributed by atoms with E-state index < -0.39 is 0 Å². The van der Waals surface area contributed by atoms with Crippen LogP contribution in [0.3, 0.4) is 0 Å². The van der Waals surface area contributed by atoms with Gasteiger partial charge in [-0.15, -0.1) is 22.7 Å². The first kappa shape index (κ1) is 28.1. The second-order valence-corrected chi connectivity index (χ2v) is 15.2. The summed E-state index contributed by atoms with van der Waals surface area (Å²) in [6, 6.07) is 62.9. The maximum absolute atomic E-state index is 2.46. The number of fused-ring (bicyclic) bond motifs is 11. The maximum Gasteiger partial charge on any atom is 0.0534 e. The summed E-state index contributed by atoms with van der Waals surface area (Å²) in [5.41, 5.74) is 7.59. The van der Waals surface area contributed by atoms with Gasteiger partial charge in [0.05, 0.1) is 9.40 Å². The fourth-order valence-electron chi connectivity index (χ4n) is 8.27. The standard InChI is InChI=1S/C48H28S2/c1-2-13-29(14-3-1)44-34-19-5-7-21-36(34)45(37-22-8-6-20-35(37)44)31-16-12-15-30(27-31)41-28-42-40-26-25-39-33-18-10-11-24-43(33)49-47(39)48(40)50-46(42)38-23-9-4-17-32(38)41/h1-28H. The largest absolute Gasteiger partial charge is 0.134 e. The molecule has 2 aromatic heterocycles. The predicted molar refractivity (Wildman–Crippen MR) is 221 cm³/mol. The second-order valence-electron chi connectivity index (χ2n) is 13.2. The van der Waals surface area contributed by atoms with Crippen LogP contribution in [0.2, 0.25) is 0 Å². The smallest absolute Gasteiger partial charge is 0.0534 e. The van der Waals surface area contributed by atoms with Crippen molar-refractivity contribution in [2.45, 2.75) is 0 Å². The Kier molecular flexibility index (Phi) is 6.09. The van der Waals surface area contributed by atoms with Crippen LogP contribution in [0.4, 0.5) is 0 Å². The van der Waals surface area contributed by atoms with Crippen molar-refractivity contribution < 1.29 is 0 Å². The van der Waals surface area contributed by atoms with Crippen molar-refractivity contribution in [1.82, 2.24) is 0 Å². The molecule has 0 amide bonds. The van der Waals surface area contributed by atoms with Gasteiger partial charge in [-0.3, -0.25) is 0 Å². The van der Waals surface area contributed by atoms with E-state index in [0.717, 1.165) is 0 Å². The molecule has 0 atom stereocenters. The highest BCUT2D eigenvalue weighted by Crippen LogP contribution is 2.49. The second kappa shape index (κ2) is 10.9. The van der Waals surface area contributed by atoms with Crippen molar-refractivity contribution in [2.24, 2.45) is 0 Å². The topological polar surface area (TPSA) is 0 Å². The van der Waals surface area contributed by atoms with Crippen LogP contribution >= 0.6 is 22.7 Å². The summed E-state index contributed by atoms with van der Waals surface area (Å²) in [4.78, 5) is 0. The number of hydrogen-bond acceptors (Lipinski definition) is 2. The predicted octanol–water partition coefficient (Wildman–Crippen LogP) is 14.9. The number of benzene rings is 9. The summed E-state index contributed by atoms with van der Waals surface area (Å²) in [5.74, 6) is 0. The van der Waals surface area contributed by atoms with E-state index in [1.807, 2.05) is 22.7 Å². The number of thiophene rings is 2. The van der Waals surface area contributed by atoms with Crippen LogP contribution < -0.4 is 0 Å². The van der Waals surface area contributed by atoms with Gasteiger partial charge in [0.15, 0.2) is 0 Å². The Balaban J connectivity index is 1.18. The average molecular weight is 669 g/mol. The SMILES string of the molecule is c1ccc(-c2c3ccccc3c(-c3cccc(-c4cc5c6ccc7c8ccccc8sc7c6sc5c5ccccc45)c3)c3ccccc23)cc1. The Labute approximate surface area is 297 Å². The van der Waals surface area contributed by atoms with E-state index in [4.69, 9.17) is 0 Å². The van der Waals surface area contributed by atoms with Gasteiger partial charge in [0.1, 0.15) is 0 Å². The van der Waals surface area contributed by atoms with Crippen molar-refractivity contribution >= 4 is 95.3 Å². The molecule has 9 aromatic carbocycles. The summed E-state index contributed by atoms with van der Waals surface area (Å²) in [6.45, 7) is 0. The van der Waals surface area contributed by atoms with Crippen LogP contribution in [0.15, 0.2) is 170 Å². The molecular weight excluding hydrogens is 641 g/mol. The molecule has 2 heterocycles. The molecule has 0 aliphatic carbocycles. The van der Waals surface area contributed by atoms with Crippen LogP contribution in [0, 0.1) is 0 Å². The van der Waals surface area contributed by atoms with Gasteiger partial charge >= 0.3 is 0 Å². The minimum Gasteiger partial charge on any atom is -0.134 e. The zero-order valence-corrected chi connectivity index (χ0v) is 28.6. The Morgan fingerprint density at radius 1 is 0.260 bits per heavy atom. The highest BCUT2D eigenvalue weighted by Gasteiger charge is 2.19. The van der Waals surface area contributed by atoms with Gasteiger partial charge < -0.3 is 0 Å². The monoisotopic (exact) mass is 668 g/mol. The normalized spacial score (nSPS) is 12.0. The van der Waals surface area contributed by atoms with Gasteiger partial charge in [0, 0.05) is 36.3 Å². The van der Waals surface area contributed by atoms with Gasteiger partial charge in [-0.05, 0) is 78.5 Å². The molecule has 0 aliphatic rings. The summed E-state index contributed by atoms with van der Waals surface area (Å²) < 4.78 is 5.52. The zero-order valence-electron chi connectivity index (χ0n) is 27.0. The first-order valence-electron chi connectivity index (χ1n) is 17.1. The Morgan fingerprint density at radius 3 is 1.44 bits per heavy atom. The Bertz CT molecular complexity index is 3080. The highest BCUT2D eigenvalue weighted by molar-refractivity contribution is 7.34. The first-order chi connectivity index (χ1) is 24.8. The van der Waals surface area contributed by atoms with E-state index in [9.17, 15) is 0 Å². The highest BCUT2D eigenvalue weighted by atomic mass is 32.1.